The zero-order valence-corrected chi connectivity index (χ0v) is 12.1. The number of hydrogen-bond donors (Lipinski definition) is 2. The van der Waals surface area contributed by atoms with E-state index in [1.807, 2.05) is 18.2 Å². The van der Waals surface area contributed by atoms with Crippen LogP contribution in [0, 0.1) is 0 Å². The Labute approximate surface area is 123 Å². The van der Waals surface area contributed by atoms with Gasteiger partial charge in [-0.05, 0) is 34.5 Å². The van der Waals surface area contributed by atoms with Crippen LogP contribution in [-0.4, -0.2) is 22.8 Å². The summed E-state index contributed by atoms with van der Waals surface area (Å²) in [6.45, 7) is 0. The van der Waals surface area contributed by atoms with Crippen LogP contribution in [0.15, 0.2) is 34.9 Å². The second kappa shape index (κ2) is 5.20. The third-order valence-electron chi connectivity index (χ3n) is 3.25. The number of para-hydroxylation sites is 1. The maximum atomic E-state index is 12.1. The van der Waals surface area contributed by atoms with Gasteiger partial charge in [-0.2, -0.15) is 0 Å². The molecule has 102 valence electrons. The molecule has 20 heavy (non-hydrogen) atoms. The van der Waals surface area contributed by atoms with E-state index in [0.717, 1.165) is 15.4 Å². The number of nitrogens with one attached hydrogen (secondary N) is 2. The lowest BCUT2D eigenvalue weighted by atomic mass is 10.1. The largest absolute Gasteiger partial charge is 0.344 e. The van der Waals surface area contributed by atoms with Gasteiger partial charge in [0.15, 0.2) is 0 Å². The van der Waals surface area contributed by atoms with E-state index >= 15 is 0 Å². The Morgan fingerprint density at radius 2 is 2.30 bits per heavy atom. The topological polar surface area (TPSA) is 71.1 Å². The third kappa shape index (κ3) is 2.51. The van der Waals surface area contributed by atoms with Gasteiger partial charge in [0.05, 0.1) is 11.2 Å². The van der Waals surface area contributed by atoms with Crippen LogP contribution in [0.1, 0.15) is 12.8 Å². The summed E-state index contributed by atoms with van der Waals surface area (Å²) < 4.78 is 0.886. The minimum Gasteiger partial charge on any atom is -0.344 e. The highest BCUT2D eigenvalue weighted by Gasteiger charge is 2.27. The van der Waals surface area contributed by atoms with Crippen molar-refractivity contribution in [3.63, 3.8) is 0 Å². The molecule has 0 unspecified atom stereocenters. The van der Waals surface area contributed by atoms with Gasteiger partial charge < -0.3 is 10.6 Å². The number of benzene rings is 1. The van der Waals surface area contributed by atoms with E-state index in [4.69, 9.17) is 0 Å². The summed E-state index contributed by atoms with van der Waals surface area (Å²) >= 11 is 3.37. The molecule has 3 rings (SSSR count). The summed E-state index contributed by atoms with van der Waals surface area (Å²) in [7, 11) is 0. The van der Waals surface area contributed by atoms with Gasteiger partial charge in [-0.1, -0.05) is 12.1 Å². The van der Waals surface area contributed by atoms with Crippen molar-refractivity contribution in [3.05, 3.63) is 34.9 Å². The fraction of sp³-hybridized carbons (Fsp3) is 0.214. The lowest BCUT2D eigenvalue weighted by Crippen LogP contribution is -2.37. The first-order valence-corrected chi connectivity index (χ1v) is 7.07. The predicted molar refractivity (Wildman–Crippen MR) is 79.2 cm³/mol. The minimum atomic E-state index is -0.451. The summed E-state index contributed by atoms with van der Waals surface area (Å²) in [5, 5.41) is 6.43. The summed E-state index contributed by atoms with van der Waals surface area (Å²) in [5.74, 6) is -0.279. The molecule has 2 amide bonds. The molecule has 0 radical (unpaired) electrons. The van der Waals surface area contributed by atoms with E-state index in [9.17, 15) is 9.59 Å². The van der Waals surface area contributed by atoms with Crippen molar-refractivity contribution in [1.82, 2.24) is 10.3 Å². The number of carbonyl (C=O) groups is 2. The van der Waals surface area contributed by atoms with Crippen LogP contribution in [0.2, 0.25) is 0 Å². The molecule has 6 heteroatoms. The molecule has 1 saturated heterocycles. The fourth-order valence-corrected chi connectivity index (χ4v) is 2.61. The highest BCUT2D eigenvalue weighted by atomic mass is 79.9. The van der Waals surface area contributed by atoms with Crippen LogP contribution < -0.4 is 10.6 Å². The molecule has 2 heterocycles. The zero-order valence-electron chi connectivity index (χ0n) is 10.5. The Morgan fingerprint density at radius 3 is 3.05 bits per heavy atom. The molecule has 0 saturated carbocycles. The molecule has 2 aromatic rings. The number of fused-ring (bicyclic) bond motifs is 1. The standard InChI is InChI=1S/C14H12BrN3O2/c15-9-6-8-2-1-3-10(13(8)16-7-9)18-14(20)11-4-5-12(19)17-11/h1-3,6-7,11H,4-5H2,(H,17,19)(H,18,20)/t11-/m1/s1. The maximum Gasteiger partial charge on any atom is 0.247 e. The fourth-order valence-electron chi connectivity index (χ4n) is 2.27. The third-order valence-corrected chi connectivity index (χ3v) is 3.68. The SMILES string of the molecule is O=C1CC[C@H](C(=O)Nc2cccc3cc(Br)cnc23)N1. The average molecular weight is 334 g/mol. The first kappa shape index (κ1) is 13.1. The number of pyridine rings is 1. The molecule has 1 atom stereocenters. The number of nitrogens with zero attached hydrogens (tertiary/aromatic N) is 1. The quantitative estimate of drug-likeness (QED) is 0.885. The van der Waals surface area contributed by atoms with Crippen molar-refractivity contribution in [2.45, 2.75) is 18.9 Å². The molecule has 1 aliphatic heterocycles. The van der Waals surface area contributed by atoms with Crippen LogP contribution >= 0.6 is 15.9 Å². The van der Waals surface area contributed by atoms with Crippen LogP contribution in [0.4, 0.5) is 5.69 Å². The highest BCUT2D eigenvalue weighted by Crippen LogP contribution is 2.24. The van der Waals surface area contributed by atoms with Crippen molar-refractivity contribution in [2.24, 2.45) is 0 Å². The second-order valence-corrected chi connectivity index (χ2v) is 5.59. The van der Waals surface area contributed by atoms with E-state index < -0.39 is 6.04 Å². The normalized spacial score (nSPS) is 18.1. The van der Waals surface area contributed by atoms with Gasteiger partial charge in [-0.15, -0.1) is 0 Å². The molecule has 1 aliphatic rings. The number of hydrogen-bond acceptors (Lipinski definition) is 3. The Hall–Kier alpha value is -1.95. The predicted octanol–water partition coefficient (Wildman–Crippen LogP) is 2.21. The Kier molecular flexibility index (Phi) is 3.40. The molecule has 1 fully saturated rings. The average Bonchev–Trinajstić information content (AvgIpc) is 2.85. The van der Waals surface area contributed by atoms with E-state index in [1.54, 1.807) is 12.3 Å². The lowest BCUT2D eigenvalue weighted by Gasteiger charge is -2.12. The van der Waals surface area contributed by atoms with E-state index in [2.05, 4.69) is 31.5 Å². The van der Waals surface area contributed by atoms with Crippen LogP contribution in [-0.2, 0) is 9.59 Å². The van der Waals surface area contributed by atoms with Gasteiger partial charge in [0, 0.05) is 22.5 Å². The first-order valence-electron chi connectivity index (χ1n) is 6.28. The van der Waals surface area contributed by atoms with Crippen molar-refractivity contribution < 1.29 is 9.59 Å². The van der Waals surface area contributed by atoms with E-state index in [0.29, 0.717) is 18.5 Å². The van der Waals surface area contributed by atoms with Gasteiger partial charge in [0.2, 0.25) is 11.8 Å². The monoisotopic (exact) mass is 333 g/mol. The van der Waals surface area contributed by atoms with Crippen LogP contribution in [0.3, 0.4) is 0 Å². The molecule has 0 bridgehead atoms. The van der Waals surface area contributed by atoms with Crippen LogP contribution in [0.5, 0.6) is 0 Å². The number of amides is 2. The number of halogens is 1. The van der Waals surface area contributed by atoms with Gasteiger partial charge in [0.25, 0.3) is 0 Å². The Bertz CT molecular complexity index is 702. The van der Waals surface area contributed by atoms with Gasteiger partial charge in [-0.3, -0.25) is 14.6 Å². The van der Waals surface area contributed by atoms with Gasteiger partial charge in [0.1, 0.15) is 6.04 Å². The highest BCUT2D eigenvalue weighted by molar-refractivity contribution is 9.10. The van der Waals surface area contributed by atoms with Crippen molar-refractivity contribution in [1.29, 1.82) is 0 Å². The van der Waals surface area contributed by atoms with E-state index in [1.165, 1.54) is 0 Å². The van der Waals surface area contributed by atoms with Crippen LogP contribution in [0.25, 0.3) is 10.9 Å². The molecule has 5 nitrogen and oxygen atoms in total. The molecule has 1 aromatic carbocycles. The first-order chi connectivity index (χ1) is 9.63. The molecule has 0 aliphatic carbocycles. The lowest BCUT2D eigenvalue weighted by molar-refractivity contribution is -0.122. The number of carbonyl (C=O) groups excluding carboxylic acids is 2. The summed E-state index contributed by atoms with van der Waals surface area (Å²) in [5.41, 5.74) is 1.38. The molecular formula is C14H12BrN3O2. The van der Waals surface area contributed by atoms with Gasteiger partial charge in [-0.25, -0.2) is 0 Å². The Morgan fingerprint density at radius 1 is 1.45 bits per heavy atom. The van der Waals surface area contributed by atoms with E-state index in [-0.39, 0.29) is 11.8 Å². The summed E-state index contributed by atoms with van der Waals surface area (Å²) in [4.78, 5) is 27.6. The van der Waals surface area contributed by atoms with Gasteiger partial charge >= 0.3 is 0 Å². The number of rotatable bonds is 2. The summed E-state index contributed by atoms with van der Waals surface area (Å²) in [6, 6.07) is 7.08. The summed E-state index contributed by atoms with van der Waals surface area (Å²) in [6.07, 6.45) is 2.63. The molecule has 2 N–H and O–H groups in total. The van der Waals surface area contributed by atoms with Crippen molar-refractivity contribution in [3.8, 4) is 0 Å². The maximum absolute atomic E-state index is 12.1. The van der Waals surface area contributed by atoms with Crippen molar-refractivity contribution >= 4 is 44.3 Å². The zero-order chi connectivity index (χ0) is 14.1. The van der Waals surface area contributed by atoms with Crippen molar-refractivity contribution in [2.75, 3.05) is 5.32 Å². The second-order valence-electron chi connectivity index (χ2n) is 4.68. The molecule has 0 spiro atoms. The smallest absolute Gasteiger partial charge is 0.247 e. The minimum absolute atomic E-state index is 0.0786. The molecule has 1 aromatic heterocycles. The molecular weight excluding hydrogens is 322 g/mol. The Balaban J connectivity index is 1.87. The number of aromatic nitrogens is 1. The number of anilines is 1.